The number of nitrogens with one attached hydrogen (secondary N) is 2. The number of phenolic OH excluding ortho intramolecular Hbond substituents is 1. The number of aryl methyl sites for hydroxylation is 1. The van der Waals surface area contributed by atoms with Crippen molar-refractivity contribution in [2.45, 2.75) is 19.9 Å². The van der Waals surface area contributed by atoms with Crippen LogP contribution in [0.1, 0.15) is 29.8 Å². The zero-order valence-electron chi connectivity index (χ0n) is 17.8. The maximum absolute atomic E-state index is 11.2. The molecule has 2 aromatic carbocycles. The van der Waals surface area contributed by atoms with E-state index in [1.54, 1.807) is 7.11 Å². The standard InChI is InChI=1S/C25H25N3O3/c1-4-31-20-13-11-18(15-21(20)30-3)23(28-22-7-5-6-14-26-22)19-12-10-17-9-8-16(2)27-24(17)25(19)29/h5-15,23,29H,4H2,1-3H3,(H,26,28)/p+1/t23-/m0/s1. The number of anilines is 1. The Morgan fingerprint density at radius 1 is 1.06 bits per heavy atom. The number of aromatic hydroxyl groups is 1. The first kappa shape index (κ1) is 20.5. The molecule has 0 aliphatic carbocycles. The number of nitrogens with zero attached hydrogens (tertiary/aromatic N) is 1. The van der Waals surface area contributed by atoms with E-state index in [9.17, 15) is 5.11 Å². The van der Waals surface area contributed by atoms with E-state index >= 15 is 0 Å². The Balaban J connectivity index is 1.86. The van der Waals surface area contributed by atoms with Crippen LogP contribution in [0.4, 0.5) is 5.82 Å². The number of hydrogen-bond donors (Lipinski definition) is 2. The summed E-state index contributed by atoms with van der Waals surface area (Å²) >= 11 is 0. The van der Waals surface area contributed by atoms with Gasteiger partial charge in [0.25, 0.3) is 5.82 Å². The zero-order valence-corrected chi connectivity index (χ0v) is 17.8. The smallest absolute Gasteiger partial charge is 0.272 e. The van der Waals surface area contributed by atoms with Gasteiger partial charge in [-0.15, -0.1) is 0 Å². The number of methoxy groups -OCH3 is 1. The summed E-state index contributed by atoms with van der Waals surface area (Å²) in [6, 6.07) is 19.1. The highest BCUT2D eigenvalue weighted by Crippen LogP contribution is 2.39. The molecule has 2 aromatic heterocycles. The van der Waals surface area contributed by atoms with E-state index in [0.29, 0.717) is 29.2 Å². The van der Waals surface area contributed by atoms with E-state index < -0.39 is 0 Å². The van der Waals surface area contributed by atoms with E-state index in [4.69, 9.17) is 9.47 Å². The van der Waals surface area contributed by atoms with Gasteiger partial charge in [-0.3, -0.25) is 5.32 Å². The molecule has 3 N–H and O–H groups in total. The fourth-order valence-electron chi connectivity index (χ4n) is 3.64. The Kier molecular flexibility index (Phi) is 5.89. The molecule has 6 nitrogen and oxygen atoms in total. The van der Waals surface area contributed by atoms with Crippen molar-refractivity contribution in [3.63, 3.8) is 0 Å². The number of ether oxygens (including phenoxy) is 2. The lowest BCUT2D eigenvalue weighted by atomic mass is 9.95. The summed E-state index contributed by atoms with van der Waals surface area (Å²) in [6.07, 6.45) is 1.85. The van der Waals surface area contributed by atoms with Gasteiger partial charge in [0.05, 0.1) is 19.9 Å². The topological polar surface area (TPSA) is 77.8 Å². The van der Waals surface area contributed by atoms with Crippen molar-refractivity contribution < 1.29 is 19.6 Å². The van der Waals surface area contributed by atoms with Crippen molar-refractivity contribution in [2.75, 3.05) is 19.0 Å². The predicted octanol–water partition coefficient (Wildman–Crippen LogP) is 4.67. The van der Waals surface area contributed by atoms with Gasteiger partial charge in [-0.25, -0.2) is 9.97 Å². The third kappa shape index (κ3) is 4.23. The van der Waals surface area contributed by atoms with Gasteiger partial charge in [0.2, 0.25) is 0 Å². The fourth-order valence-corrected chi connectivity index (χ4v) is 3.64. The number of fused-ring (bicyclic) bond motifs is 1. The summed E-state index contributed by atoms with van der Waals surface area (Å²) in [6.45, 7) is 4.40. The first-order valence-corrected chi connectivity index (χ1v) is 10.2. The molecule has 0 saturated carbocycles. The highest BCUT2D eigenvalue weighted by Gasteiger charge is 2.25. The normalized spacial score (nSPS) is 11.8. The van der Waals surface area contributed by atoms with Gasteiger partial charge in [-0.1, -0.05) is 24.3 Å². The molecule has 0 spiro atoms. The van der Waals surface area contributed by atoms with Crippen LogP contribution < -0.4 is 19.8 Å². The average Bonchev–Trinajstić information content (AvgIpc) is 2.80. The highest BCUT2D eigenvalue weighted by molar-refractivity contribution is 5.86. The number of hydrogen-bond acceptors (Lipinski definition) is 5. The predicted molar refractivity (Wildman–Crippen MR) is 121 cm³/mol. The molecule has 1 atom stereocenters. The van der Waals surface area contributed by atoms with Crippen LogP contribution in [0.25, 0.3) is 10.9 Å². The average molecular weight is 417 g/mol. The molecule has 4 aromatic rings. The van der Waals surface area contributed by atoms with Crippen LogP contribution in [0.2, 0.25) is 0 Å². The minimum atomic E-state index is -0.352. The van der Waals surface area contributed by atoms with Gasteiger partial charge in [0.15, 0.2) is 11.5 Å². The second kappa shape index (κ2) is 8.92. The minimum Gasteiger partial charge on any atom is -0.505 e. The molecule has 0 radical (unpaired) electrons. The molecule has 0 unspecified atom stereocenters. The minimum absolute atomic E-state index is 0.155. The van der Waals surface area contributed by atoms with Crippen LogP contribution >= 0.6 is 0 Å². The summed E-state index contributed by atoms with van der Waals surface area (Å²) in [7, 11) is 1.62. The monoisotopic (exact) mass is 416 g/mol. The first-order chi connectivity index (χ1) is 15.1. The molecule has 0 saturated heterocycles. The summed E-state index contributed by atoms with van der Waals surface area (Å²) in [4.78, 5) is 7.76. The van der Waals surface area contributed by atoms with Crippen LogP contribution in [-0.2, 0) is 0 Å². The third-order valence-electron chi connectivity index (χ3n) is 5.15. The molecule has 0 fully saturated rings. The van der Waals surface area contributed by atoms with Crippen LogP contribution in [0, 0.1) is 6.92 Å². The summed E-state index contributed by atoms with van der Waals surface area (Å²) in [5.41, 5.74) is 3.07. The highest BCUT2D eigenvalue weighted by atomic mass is 16.5. The van der Waals surface area contributed by atoms with E-state index in [0.717, 1.165) is 22.5 Å². The Hall–Kier alpha value is -3.80. The number of rotatable bonds is 7. The van der Waals surface area contributed by atoms with E-state index in [1.807, 2.05) is 80.7 Å². The number of aromatic nitrogens is 2. The molecular formula is C25H26N3O3+. The van der Waals surface area contributed by atoms with E-state index in [2.05, 4.69) is 15.3 Å². The largest absolute Gasteiger partial charge is 0.505 e. The van der Waals surface area contributed by atoms with E-state index in [1.165, 1.54) is 0 Å². The Bertz CT molecular complexity index is 1200. The zero-order chi connectivity index (χ0) is 21.8. The van der Waals surface area contributed by atoms with Gasteiger partial charge < -0.3 is 14.6 Å². The van der Waals surface area contributed by atoms with Crippen molar-refractivity contribution in [3.05, 3.63) is 83.7 Å². The first-order valence-electron chi connectivity index (χ1n) is 10.2. The maximum Gasteiger partial charge on any atom is 0.272 e. The quantitative estimate of drug-likeness (QED) is 0.458. The molecule has 158 valence electrons. The Labute approximate surface area is 181 Å². The molecule has 31 heavy (non-hydrogen) atoms. The molecule has 4 rings (SSSR count). The summed E-state index contributed by atoms with van der Waals surface area (Å²) < 4.78 is 11.2. The molecule has 0 aliphatic rings. The van der Waals surface area contributed by atoms with Crippen LogP contribution in [0.3, 0.4) is 0 Å². The molecule has 0 amide bonds. The third-order valence-corrected chi connectivity index (χ3v) is 5.15. The van der Waals surface area contributed by atoms with Crippen LogP contribution in [0.15, 0.2) is 66.9 Å². The Morgan fingerprint density at radius 2 is 1.90 bits per heavy atom. The van der Waals surface area contributed by atoms with Gasteiger partial charge in [-0.05, 0) is 44.2 Å². The molecule has 2 heterocycles. The van der Waals surface area contributed by atoms with Crippen molar-refractivity contribution in [2.24, 2.45) is 0 Å². The number of H-pyrrole nitrogens is 1. The lowest BCUT2D eigenvalue weighted by Gasteiger charge is -2.19. The molecule has 0 aliphatic heterocycles. The van der Waals surface area contributed by atoms with Crippen molar-refractivity contribution in [3.8, 4) is 17.2 Å². The molecule has 6 heteroatoms. The number of phenols is 1. The summed E-state index contributed by atoms with van der Waals surface area (Å²) in [5, 5.41) is 15.6. The van der Waals surface area contributed by atoms with Crippen molar-refractivity contribution >= 4 is 16.7 Å². The second-order valence-corrected chi connectivity index (χ2v) is 7.22. The lowest BCUT2D eigenvalue weighted by molar-refractivity contribution is -0.361. The van der Waals surface area contributed by atoms with Gasteiger partial charge in [0, 0.05) is 28.3 Å². The number of aromatic amines is 1. The number of benzene rings is 2. The van der Waals surface area contributed by atoms with Crippen molar-refractivity contribution in [1.82, 2.24) is 4.98 Å². The van der Waals surface area contributed by atoms with Gasteiger partial charge >= 0.3 is 0 Å². The second-order valence-electron chi connectivity index (χ2n) is 7.22. The molecular weight excluding hydrogens is 390 g/mol. The van der Waals surface area contributed by atoms with Crippen molar-refractivity contribution in [1.29, 1.82) is 0 Å². The SMILES string of the molecule is CCOc1ccc([C@H](Nc2cccc[nH+]2)c2ccc3ccc(C)nc3c2O)cc1OC. The van der Waals surface area contributed by atoms with Gasteiger partial charge in [-0.2, -0.15) is 0 Å². The maximum atomic E-state index is 11.2. The van der Waals surface area contributed by atoms with Gasteiger partial charge in [0.1, 0.15) is 17.3 Å². The van der Waals surface area contributed by atoms with E-state index in [-0.39, 0.29) is 11.8 Å². The fraction of sp³-hybridized carbons (Fsp3) is 0.200. The summed E-state index contributed by atoms with van der Waals surface area (Å²) in [5.74, 6) is 2.29. The Morgan fingerprint density at radius 3 is 2.65 bits per heavy atom. The number of pyridine rings is 2. The van der Waals surface area contributed by atoms with Crippen LogP contribution in [0.5, 0.6) is 17.2 Å². The lowest BCUT2D eigenvalue weighted by Crippen LogP contribution is -2.19. The molecule has 0 bridgehead atoms. The van der Waals surface area contributed by atoms with Crippen LogP contribution in [-0.4, -0.2) is 23.8 Å².